The Morgan fingerprint density at radius 2 is 1.79 bits per heavy atom. The van der Waals surface area contributed by atoms with Crippen molar-refractivity contribution >= 4 is 33.0 Å². The molecule has 2 aromatic heterocycles. The molecule has 0 saturated carbocycles. The molecule has 0 spiro atoms. The summed E-state index contributed by atoms with van der Waals surface area (Å²) < 4.78 is 27.2. The van der Waals surface area contributed by atoms with Crippen molar-refractivity contribution in [1.82, 2.24) is 8.96 Å². The quantitative estimate of drug-likeness (QED) is 0.536. The zero-order valence-corrected chi connectivity index (χ0v) is 15.8. The van der Waals surface area contributed by atoms with Gasteiger partial charge >= 0.3 is 0 Å². The fourth-order valence-electron chi connectivity index (χ4n) is 3.06. The van der Waals surface area contributed by atoms with Crippen molar-refractivity contribution in [2.75, 3.05) is 5.73 Å². The van der Waals surface area contributed by atoms with Crippen molar-refractivity contribution in [2.45, 2.75) is 11.8 Å². The van der Waals surface area contributed by atoms with Crippen molar-refractivity contribution in [3.8, 4) is 11.1 Å². The number of anilines is 1. The number of nitrogens with zero attached hydrogens (tertiary/aromatic N) is 2. The molecule has 0 aliphatic carbocycles. The molecule has 0 aliphatic heterocycles. The first-order valence-corrected chi connectivity index (χ1v) is 9.98. The lowest BCUT2D eigenvalue weighted by Crippen LogP contribution is -2.12. The van der Waals surface area contributed by atoms with Crippen LogP contribution in [0.4, 0.5) is 5.69 Å². The van der Waals surface area contributed by atoms with Crippen LogP contribution in [0, 0.1) is 6.92 Å². The van der Waals surface area contributed by atoms with Gasteiger partial charge in [-0.1, -0.05) is 35.9 Å². The van der Waals surface area contributed by atoms with Crippen molar-refractivity contribution < 1.29 is 13.2 Å². The second-order valence-electron chi connectivity index (χ2n) is 6.54. The van der Waals surface area contributed by atoms with Crippen molar-refractivity contribution in [2.24, 2.45) is 0 Å². The molecule has 0 bridgehead atoms. The van der Waals surface area contributed by atoms with Crippen LogP contribution in [-0.2, 0) is 10.0 Å². The summed E-state index contributed by atoms with van der Waals surface area (Å²) in [5, 5.41) is 0.532. The van der Waals surface area contributed by atoms with E-state index < -0.39 is 10.0 Å². The number of aldehydes is 1. The third kappa shape index (κ3) is 2.95. The number of rotatable bonds is 4. The first kappa shape index (κ1) is 17.9. The molecular weight excluding hydrogens is 374 g/mol. The minimum atomic E-state index is -3.82. The van der Waals surface area contributed by atoms with Crippen LogP contribution < -0.4 is 5.73 Å². The Hall–Kier alpha value is -3.45. The molecule has 0 aliphatic rings. The predicted molar refractivity (Wildman–Crippen MR) is 109 cm³/mol. The number of hydrogen-bond donors (Lipinski definition) is 1. The third-order valence-electron chi connectivity index (χ3n) is 4.58. The highest BCUT2D eigenvalue weighted by atomic mass is 32.2. The average Bonchev–Trinajstić information content (AvgIpc) is 3.05. The van der Waals surface area contributed by atoms with E-state index in [1.165, 1.54) is 6.20 Å². The Morgan fingerprint density at radius 3 is 2.50 bits per heavy atom. The van der Waals surface area contributed by atoms with Gasteiger partial charge in [0, 0.05) is 28.9 Å². The standard InChI is InChI=1S/C21H17N3O3S/c1-14-5-7-18(8-6-14)28(26,27)24-12-20(22)19-10-17(11-23-21(19)24)16-4-2-3-15(9-16)13-25/h2-13H,22H2,1H3. The minimum absolute atomic E-state index is 0.166. The van der Waals surface area contributed by atoms with E-state index in [-0.39, 0.29) is 10.5 Å². The van der Waals surface area contributed by atoms with Gasteiger partial charge in [0.25, 0.3) is 10.0 Å². The monoisotopic (exact) mass is 391 g/mol. The number of nitrogen functional groups attached to an aromatic ring is 1. The van der Waals surface area contributed by atoms with Gasteiger partial charge in [-0.05, 0) is 36.8 Å². The Labute approximate surface area is 162 Å². The van der Waals surface area contributed by atoms with Crippen LogP contribution in [0.2, 0.25) is 0 Å². The van der Waals surface area contributed by atoms with Gasteiger partial charge in [0.2, 0.25) is 0 Å². The van der Waals surface area contributed by atoms with Crippen LogP contribution in [0.1, 0.15) is 15.9 Å². The largest absolute Gasteiger partial charge is 0.397 e. The van der Waals surface area contributed by atoms with Gasteiger partial charge in [-0.3, -0.25) is 4.79 Å². The summed E-state index contributed by atoms with van der Waals surface area (Å²) >= 11 is 0. The van der Waals surface area contributed by atoms with Crippen LogP contribution in [0.25, 0.3) is 22.2 Å². The van der Waals surface area contributed by atoms with Gasteiger partial charge in [-0.15, -0.1) is 0 Å². The van der Waals surface area contributed by atoms with Crippen molar-refractivity contribution in [1.29, 1.82) is 0 Å². The highest BCUT2D eigenvalue weighted by Crippen LogP contribution is 2.30. The van der Waals surface area contributed by atoms with E-state index in [1.807, 2.05) is 13.0 Å². The summed E-state index contributed by atoms with van der Waals surface area (Å²) in [7, 11) is -3.82. The van der Waals surface area contributed by atoms with E-state index in [0.29, 0.717) is 16.6 Å². The van der Waals surface area contributed by atoms with E-state index >= 15 is 0 Å². The van der Waals surface area contributed by atoms with Crippen LogP contribution in [0.5, 0.6) is 0 Å². The Kier molecular flexibility index (Phi) is 4.24. The number of carbonyl (C=O) groups excluding carboxylic acids is 1. The summed E-state index contributed by atoms with van der Waals surface area (Å²) in [6.07, 6.45) is 3.72. The van der Waals surface area contributed by atoms with E-state index in [1.54, 1.807) is 54.7 Å². The van der Waals surface area contributed by atoms with Gasteiger partial charge in [0.05, 0.1) is 10.6 Å². The van der Waals surface area contributed by atoms with E-state index in [0.717, 1.165) is 26.9 Å². The molecule has 2 aromatic carbocycles. The van der Waals surface area contributed by atoms with Gasteiger partial charge in [0.15, 0.2) is 5.65 Å². The number of aromatic nitrogens is 2. The molecule has 0 unspecified atom stereocenters. The lowest BCUT2D eigenvalue weighted by molar-refractivity contribution is 0.112. The number of hydrogen-bond acceptors (Lipinski definition) is 5. The molecule has 7 heteroatoms. The molecule has 6 nitrogen and oxygen atoms in total. The number of benzene rings is 2. The molecule has 4 aromatic rings. The highest BCUT2D eigenvalue weighted by Gasteiger charge is 2.21. The second-order valence-corrected chi connectivity index (χ2v) is 8.35. The van der Waals surface area contributed by atoms with Gasteiger partial charge < -0.3 is 5.73 Å². The zero-order valence-electron chi connectivity index (χ0n) is 15.0. The molecule has 0 radical (unpaired) electrons. The molecule has 2 N–H and O–H groups in total. The Balaban J connectivity index is 1.86. The number of fused-ring (bicyclic) bond motifs is 1. The number of carbonyl (C=O) groups is 1. The molecule has 4 rings (SSSR count). The number of nitrogens with two attached hydrogens (primary N) is 1. The average molecular weight is 391 g/mol. The van der Waals surface area contributed by atoms with Crippen LogP contribution >= 0.6 is 0 Å². The van der Waals surface area contributed by atoms with E-state index in [4.69, 9.17) is 5.73 Å². The molecule has 2 heterocycles. The maximum absolute atomic E-state index is 13.0. The second kappa shape index (κ2) is 6.61. The Morgan fingerprint density at radius 1 is 1.04 bits per heavy atom. The fourth-order valence-corrected chi connectivity index (χ4v) is 4.39. The summed E-state index contributed by atoms with van der Waals surface area (Å²) in [5.41, 5.74) is 9.72. The summed E-state index contributed by atoms with van der Waals surface area (Å²) in [4.78, 5) is 15.5. The smallest absolute Gasteiger partial charge is 0.269 e. The van der Waals surface area contributed by atoms with Crippen LogP contribution in [0.3, 0.4) is 0 Å². The van der Waals surface area contributed by atoms with E-state index in [9.17, 15) is 13.2 Å². The molecule has 28 heavy (non-hydrogen) atoms. The maximum Gasteiger partial charge on any atom is 0.269 e. The first-order chi connectivity index (χ1) is 13.4. The number of pyridine rings is 1. The summed E-state index contributed by atoms with van der Waals surface area (Å²) in [6.45, 7) is 1.89. The van der Waals surface area contributed by atoms with E-state index in [2.05, 4.69) is 4.98 Å². The molecule has 140 valence electrons. The van der Waals surface area contributed by atoms with Gasteiger partial charge in [-0.25, -0.2) is 17.4 Å². The molecular formula is C21H17N3O3S. The highest BCUT2D eigenvalue weighted by molar-refractivity contribution is 7.90. The van der Waals surface area contributed by atoms with Crippen molar-refractivity contribution in [3.05, 3.63) is 78.1 Å². The third-order valence-corrected chi connectivity index (χ3v) is 6.24. The lowest BCUT2D eigenvalue weighted by Gasteiger charge is -2.08. The van der Waals surface area contributed by atoms with Crippen LogP contribution in [-0.4, -0.2) is 23.7 Å². The zero-order chi connectivity index (χ0) is 19.9. The summed E-state index contributed by atoms with van der Waals surface area (Å²) in [5.74, 6) is 0. The first-order valence-electron chi connectivity index (χ1n) is 8.54. The van der Waals surface area contributed by atoms with Gasteiger partial charge in [-0.2, -0.15) is 0 Å². The molecule has 0 saturated heterocycles. The van der Waals surface area contributed by atoms with Crippen LogP contribution in [0.15, 0.2) is 71.9 Å². The molecule has 0 fully saturated rings. The lowest BCUT2D eigenvalue weighted by atomic mass is 10.0. The maximum atomic E-state index is 13.0. The molecule has 0 atom stereocenters. The fraction of sp³-hybridized carbons (Fsp3) is 0.0476. The summed E-state index contributed by atoms with van der Waals surface area (Å²) in [6, 6.07) is 15.5. The van der Waals surface area contributed by atoms with Crippen molar-refractivity contribution in [3.63, 3.8) is 0 Å². The minimum Gasteiger partial charge on any atom is -0.397 e. The SMILES string of the molecule is Cc1ccc(S(=O)(=O)n2cc(N)c3cc(-c4cccc(C=O)c4)cnc32)cc1. The molecule has 0 amide bonds. The van der Waals surface area contributed by atoms with Gasteiger partial charge in [0.1, 0.15) is 6.29 Å². The normalized spacial score (nSPS) is 11.6. The number of aryl methyl sites for hydroxylation is 1. The topological polar surface area (TPSA) is 95.0 Å². The predicted octanol–water partition coefficient (Wildman–Crippen LogP) is 3.64. The Bertz CT molecular complexity index is 1310.